The van der Waals surface area contributed by atoms with Crippen molar-refractivity contribution in [3.63, 3.8) is 0 Å². The van der Waals surface area contributed by atoms with Crippen molar-refractivity contribution in [3.05, 3.63) is 0 Å². The Bertz CT molecular complexity index is 352. The molecular weight excluding hydrogens is 204 g/mol. The first-order chi connectivity index (χ1) is 6.56. The van der Waals surface area contributed by atoms with Crippen LogP contribution in [-0.4, -0.2) is 49.4 Å². The van der Waals surface area contributed by atoms with Crippen LogP contribution >= 0.6 is 0 Å². The molecule has 2 saturated heterocycles. The third-order valence-corrected chi connectivity index (χ3v) is 5.06. The van der Waals surface area contributed by atoms with Gasteiger partial charge in [-0.25, -0.2) is 8.42 Å². The van der Waals surface area contributed by atoms with Crippen molar-refractivity contribution >= 4 is 15.7 Å². The number of amides is 1. The van der Waals surface area contributed by atoms with Crippen LogP contribution in [0.4, 0.5) is 0 Å². The maximum atomic E-state index is 11.6. The number of hydrogen-bond acceptors (Lipinski definition) is 4. The predicted octanol–water partition coefficient (Wildman–Crippen LogP) is -1.27. The number of carbonyl (C=O) groups is 1. The highest BCUT2D eigenvalue weighted by atomic mass is 32.2. The van der Waals surface area contributed by atoms with E-state index in [1.165, 1.54) is 0 Å². The molecule has 1 amide bonds. The molecule has 0 radical (unpaired) electrons. The van der Waals surface area contributed by atoms with Crippen molar-refractivity contribution in [1.29, 1.82) is 0 Å². The highest BCUT2D eigenvalue weighted by Crippen LogP contribution is 2.33. The van der Waals surface area contributed by atoms with Gasteiger partial charge in [-0.15, -0.1) is 0 Å². The van der Waals surface area contributed by atoms with Crippen molar-refractivity contribution in [2.24, 2.45) is 5.73 Å². The van der Waals surface area contributed by atoms with Crippen LogP contribution < -0.4 is 5.73 Å². The largest absolute Gasteiger partial charge is 0.337 e. The van der Waals surface area contributed by atoms with Crippen molar-refractivity contribution in [2.75, 3.05) is 18.8 Å². The Morgan fingerprint density at radius 1 is 1.50 bits per heavy atom. The van der Waals surface area contributed by atoms with Gasteiger partial charge in [-0.05, 0) is 19.4 Å². The summed E-state index contributed by atoms with van der Waals surface area (Å²) in [6.45, 7) is 1.14. The van der Waals surface area contributed by atoms with Crippen LogP contribution in [0.3, 0.4) is 0 Å². The molecule has 2 N–H and O–H groups in total. The second kappa shape index (κ2) is 3.20. The van der Waals surface area contributed by atoms with Gasteiger partial charge in [0.25, 0.3) is 0 Å². The molecule has 0 aromatic rings. The summed E-state index contributed by atoms with van der Waals surface area (Å²) in [4.78, 5) is 13.3. The number of nitrogens with zero attached hydrogens (tertiary/aromatic N) is 1. The van der Waals surface area contributed by atoms with Crippen molar-refractivity contribution in [2.45, 2.75) is 24.1 Å². The molecule has 2 aliphatic heterocycles. The van der Waals surface area contributed by atoms with Crippen molar-refractivity contribution < 1.29 is 13.2 Å². The van der Waals surface area contributed by atoms with Gasteiger partial charge in [-0.2, -0.15) is 0 Å². The lowest BCUT2D eigenvalue weighted by Gasteiger charge is -2.26. The Morgan fingerprint density at radius 3 is 2.71 bits per heavy atom. The molecule has 2 unspecified atom stereocenters. The van der Waals surface area contributed by atoms with Gasteiger partial charge < -0.3 is 10.6 Å². The molecule has 0 aromatic carbocycles. The lowest BCUT2D eigenvalue weighted by Crippen LogP contribution is -2.45. The van der Waals surface area contributed by atoms with Crippen LogP contribution in [0.5, 0.6) is 0 Å². The number of rotatable bonds is 3. The summed E-state index contributed by atoms with van der Waals surface area (Å²) in [6, 6.07) is -0.0796. The Balaban J connectivity index is 2.11. The van der Waals surface area contributed by atoms with E-state index >= 15 is 0 Å². The smallest absolute Gasteiger partial charge is 0.241 e. The summed E-state index contributed by atoms with van der Waals surface area (Å²) in [7, 11) is -3.12. The predicted molar refractivity (Wildman–Crippen MR) is 51.4 cm³/mol. The minimum atomic E-state index is -3.12. The summed E-state index contributed by atoms with van der Waals surface area (Å²) in [5, 5.41) is -0.745. The van der Waals surface area contributed by atoms with E-state index in [-0.39, 0.29) is 17.7 Å². The molecule has 2 atom stereocenters. The number of carbonyl (C=O) groups excluding carboxylic acids is 1. The Kier molecular flexibility index (Phi) is 2.27. The first-order valence-corrected chi connectivity index (χ1v) is 6.50. The van der Waals surface area contributed by atoms with E-state index in [1.54, 1.807) is 4.90 Å². The third-order valence-electron chi connectivity index (χ3n) is 2.95. The van der Waals surface area contributed by atoms with E-state index in [2.05, 4.69) is 0 Å². The van der Waals surface area contributed by atoms with E-state index in [9.17, 15) is 13.2 Å². The summed E-state index contributed by atoms with van der Waals surface area (Å²) >= 11 is 0. The molecule has 0 aromatic heterocycles. The highest BCUT2D eigenvalue weighted by Gasteiger charge is 2.53. The van der Waals surface area contributed by atoms with Crippen molar-refractivity contribution in [3.8, 4) is 0 Å². The molecule has 5 nitrogen and oxygen atoms in total. The van der Waals surface area contributed by atoms with E-state index in [1.807, 2.05) is 0 Å². The molecule has 2 heterocycles. The van der Waals surface area contributed by atoms with Crippen LogP contribution in [-0.2, 0) is 14.6 Å². The molecule has 2 bridgehead atoms. The van der Waals surface area contributed by atoms with Crippen LogP contribution in [0.1, 0.15) is 12.8 Å². The standard InChI is InChI=1S/C8H14N2O3S/c9-2-1-3-10-6-4-7(8(10)11)14(12,13)5-6/h6-7H,1-5,9H2. The first-order valence-electron chi connectivity index (χ1n) is 4.78. The van der Waals surface area contributed by atoms with E-state index in [4.69, 9.17) is 5.73 Å². The molecule has 0 spiro atoms. The van der Waals surface area contributed by atoms with Crippen LogP contribution in [0, 0.1) is 0 Å². The fourth-order valence-electron chi connectivity index (χ4n) is 2.24. The Hall–Kier alpha value is -0.620. The maximum absolute atomic E-state index is 11.6. The van der Waals surface area contributed by atoms with Gasteiger partial charge in [0.15, 0.2) is 9.84 Å². The van der Waals surface area contributed by atoms with Gasteiger partial charge in [-0.1, -0.05) is 0 Å². The van der Waals surface area contributed by atoms with Gasteiger partial charge in [0.1, 0.15) is 5.25 Å². The van der Waals surface area contributed by atoms with Gasteiger partial charge in [0.05, 0.1) is 5.75 Å². The summed E-state index contributed by atoms with van der Waals surface area (Å²) in [5.74, 6) is -0.0664. The average molecular weight is 218 g/mol. The molecule has 14 heavy (non-hydrogen) atoms. The number of hydrogen-bond donors (Lipinski definition) is 1. The normalized spacial score (nSPS) is 34.1. The van der Waals surface area contributed by atoms with E-state index < -0.39 is 15.1 Å². The monoisotopic (exact) mass is 218 g/mol. The molecule has 2 rings (SSSR count). The summed E-state index contributed by atoms with van der Waals surface area (Å²) in [6.07, 6.45) is 1.24. The minimum Gasteiger partial charge on any atom is -0.337 e. The molecule has 80 valence electrons. The average Bonchev–Trinajstić information content (AvgIpc) is 2.55. The molecule has 2 aliphatic rings. The van der Waals surface area contributed by atoms with E-state index in [0.717, 1.165) is 6.42 Å². The SMILES string of the molecule is NCCCN1C(=O)C2CC1CS2(=O)=O. The second-order valence-corrected chi connectivity index (χ2v) is 6.11. The number of sulfone groups is 1. The van der Waals surface area contributed by atoms with Crippen LogP contribution in [0.15, 0.2) is 0 Å². The van der Waals surface area contributed by atoms with E-state index in [0.29, 0.717) is 19.5 Å². The first kappa shape index (κ1) is 9.92. The topological polar surface area (TPSA) is 80.5 Å². The zero-order chi connectivity index (χ0) is 10.3. The van der Waals surface area contributed by atoms with Gasteiger partial charge >= 0.3 is 0 Å². The van der Waals surface area contributed by atoms with Gasteiger partial charge in [0, 0.05) is 12.6 Å². The summed E-state index contributed by atoms with van der Waals surface area (Å²) in [5.41, 5.74) is 5.35. The van der Waals surface area contributed by atoms with Crippen LogP contribution in [0.2, 0.25) is 0 Å². The fourth-order valence-corrected chi connectivity index (χ4v) is 4.28. The van der Waals surface area contributed by atoms with Gasteiger partial charge in [0.2, 0.25) is 5.91 Å². The van der Waals surface area contributed by atoms with Crippen molar-refractivity contribution in [1.82, 2.24) is 4.90 Å². The number of likely N-dealkylation sites (tertiary alicyclic amines) is 1. The lowest BCUT2D eigenvalue weighted by molar-refractivity contribution is -0.128. The highest BCUT2D eigenvalue weighted by molar-refractivity contribution is 7.93. The molecule has 0 aliphatic carbocycles. The molecular formula is C8H14N2O3S. The maximum Gasteiger partial charge on any atom is 0.241 e. The number of nitrogens with two attached hydrogens (primary N) is 1. The third kappa shape index (κ3) is 1.33. The minimum absolute atomic E-state index is 0.0796. The summed E-state index contributed by atoms with van der Waals surface area (Å²) < 4.78 is 22.8. The molecule has 2 fully saturated rings. The molecule has 6 heteroatoms. The Morgan fingerprint density at radius 2 is 2.21 bits per heavy atom. The van der Waals surface area contributed by atoms with Crippen LogP contribution in [0.25, 0.3) is 0 Å². The van der Waals surface area contributed by atoms with Gasteiger partial charge in [-0.3, -0.25) is 4.79 Å². The number of fused-ring (bicyclic) bond motifs is 2. The lowest BCUT2D eigenvalue weighted by atomic mass is 10.2. The Labute approximate surface area is 83.2 Å². The zero-order valence-corrected chi connectivity index (χ0v) is 8.66. The zero-order valence-electron chi connectivity index (χ0n) is 7.85. The fraction of sp³-hybridized carbons (Fsp3) is 0.875. The second-order valence-electron chi connectivity index (χ2n) is 3.88. The molecule has 0 saturated carbocycles. The quantitative estimate of drug-likeness (QED) is 0.640.